The highest BCUT2D eigenvalue weighted by atomic mass is 16.5. The van der Waals surface area contributed by atoms with E-state index in [0.717, 1.165) is 12.1 Å². The molecule has 1 amide bonds. The van der Waals surface area contributed by atoms with Gasteiger partial charge in [0, 0.05) is 6.54 Å². The summed E-state index contributed by atoms with van der Waals surface area (Å²) in [6.45, 7) is 13.5. The summed E-state index contributed by atoms with van der Waals surface area (Å²) in [5.74, 6) is -0.253. The number of nitrogens with zero attached hydrogens (tertiary/aromatic N) is 1. The van der Waals surface area contributed by atoms with E-state index in [1.165, 1.54) is 7.11 Å². The van der Waals surface area contributed by atoms with Crippen LogP contribution in [0.4, 0.5) is 0 Å². The molecule has 0 aromatic carbocycles. The minimum absolute atomic E-state index is 0.163. The molecule has 0 spiro atoms. The van der Waals surface area contributed by atoms with Gasteiger partial charge in [-0.15, -0.1) is 0 Å². The average molecular weight is 284 g/mol. The molecule has 1 N–H and O–H groups in total. The number of hydrogen-bond acceptors (Lipinski definition) is 4. The van der Waals surface area contributed by atoms with Crippen LogP contribution in [0.2, 0.25) is 0 Å². The van der Waals surface area contributed by atoms with Gasteiger partial charge >= 0.3 is 5.97 Å². The van der Waals surface area contributed by atoms with Crippen LogP contribution in [0.1, 0.15) is 34.1 Å². The maximum atomic E-state index is 12.0. The Bertz CT molecular complexity index is 340. The van der Waals surface area contributed by atoms with Crippen molar-refractivity contribution in [1.29, 1.82) is 0 Å². The number of amides is 1. The number of hydrogen-bond donors (Lipinski definition) is 1. The zero-order chi connectivity index (χ0) is 15.7. The highest BCUT2D eigenvalue weighted by Crippen LogP contribution is 2.06. The standard InChI is InChI=1S/C15H28N2O3/c1-7-17(9-12(4)5)10-14(18)16-13(8-11(2)3)15(19)20-6/h11,13H,4,7-10H2,1-3,5-6H3,(H,16,18). The lowest BCUT2D eigenvalue weighted by molar-refractivity contribution is -0.145. The Balaban J connectivity index is 4.50. The third-order valence-electron chi connectivity index (χ3n) is 2.84. The molecular weight excluding hydrogens is 256 g/mol. The van der Waals surface area contributed by atoms with Gasteiger partial charge in [0.25, 0.3) is 0 Å². The van der Waals surface area contributed by atoms with E-state index >= 15 is 0 Å². The quantitative estimate of drug-likeness (QED) is 0.516. The van der Waals surface area contributed by atoms with Crippen LogP contribution in [-0.4, -0.2) is 49.6 Å². The monoisotopic (exact) mass is 284 g/mol. The van der Waals surface area contributed by atoms with Gasteiger partial charge in [-0.1, -0.05) is 32.9 Å². The molecule has 116 valence electrons. The summed E-state index contributed by atoms with van der Waals surface area (Å²) >= 11 is 0. The zero-order valence-corrected chi connectivity index (χ0v) is 13.4. The van der Waals surface area contributed by atoms with Crippen LogP contribution in [0.5, 0.6) is 0 Å². The number of methoxy groups -OCH3 is 1. The first-order chi connectivity index (χ1) is 9.29. The summed E-state index contributed by atoms with van der Waals surface area (Å²) in [7, 11) is 1.33. The number of carbonyl (C=O) groups is 2. The lowest BCUT2D eigenvalue weighted by atomic mass is 10.0. The lowest BCUT2D eigenvalue weighted by Gasteiger charge is -2.23. The molecule has 0 aromatic heterocycles. The number of rotatable bonds is 9. The van der Waals surface area contributed by atoms with Crippen molar-refractivity contribution < 1.29 is 14.3 Å². The van der Waals surface area contributed by atoms with Crippen LogP contribution in [0.3, 0.4) is 0 Å². The van der Waals surface area contributed by atoms with Crippen molar-refractivity contribution in [2.24, 2.45) is 5.92 Å². The molecule has 0 heterocycles. The van der Waals surface area contributed by atoms with Crippen molar-refractivity contribution in [3.05, 3.63) is 12.2 Å². The molecule has 0 aliphatic heterocycles. The Morgan fingerprint density at radius 2 is 1.90 bits per heavy atom. The van der Waals surface area contributed by atoms with E-state index in [1.807, 2.05) is 32.6 Å². The van der Waals surface area contributed by atoms with E-state index in [1.54, 1.807) is 0 Å². The molecule has 0 radical (unpaired) electrons. The zero-order valence-electron chi connectivity index (χ0n) is 13.4. The fourth-order valence-corrected chi connectivity index (χ4v) is 1.93. The molecule has 0 aliphatic carbocycles. The molecule has 0 fully saturated rings. The fraction of sp³-hybridized carbons (Fsp3) is 0.733. The average Bonchev–Trinajstić information content (AvgIpc) is 2.34. The highest BCUT2D eigenvalue weighted by Gasteiger charge is 2.23. The molecule has 0 saturated heterocycles. The summed E-state index contributed by atoms with van der Waals surface area (Å²) in [5.41, 5.74) is 1.01. The van der Waals surface area contributed by atoms with Crippen molar-refractivity contribution in [2.45, 2.75) is 40.2 Å². The summed E-state index contributed by atoms with van der Waals surface area (Å²) in [6.07, 6.45) is 0.574. The van der Waals surface area contributed by atoms with Gasteiger partial charge in [0.1, 0.15) is 6.04 Å². The molecule has 0 bridgehead atoms. The highest BCUT2D eigenvalue weighted by molar-refractivity contribution is 5.85. The SMILES string of the molecule is C=C(C)CN(CC)CC(=O)NC(CC(C)C)C(=O)OC. The van der Waals surface area contributed by atoms with Crippen LogP contribution in [0.15, 0.2) is 12.2 Å². The van der Waals surface area contributed by atoms with E-state index in [9.17, 15) is 9.59 Å². The molecule has 20 heavy (non-hydrogen) atoms. The number of ether oxygens (including phenoxy) is 1. The van der Waals surface area contributed by atoms with Crippen LogP contribution >= 0.6 is 0 Å². The maximum absolute atomic E-state index is 12.0. The van der Waals surface area contributed by atoms with Gasteiger partial charge in [-0.25, -0.2) is 4.79 Å². The molecule has 5 nitrogen and oxygen atoms in total. The van der Waals surface area contributed by atoms with Crippen LogP contribution < -0.4 is 5.32 Å². The molecule has 1 atom stereocenters. The first kappa shape index (κ1) is 18.6. The summed E-state index contributed by atoms with van der Waals surface area (Å²) < 4.78 is 4.73. The largest absolute Gasteiger partial charge is 0.467 e. The second-order valence-corrected chi connectivity index (χ2v) is 5.53. The van der Waals surface area contributed by atoms with Crippen molar-refractivity contribution in [2.75, 3.05) is 26.7 Å². The van der Waals surface area contributed by atoms with Crippen LogP contribution in [0, 0.1) is 5.92 Å². The maximum Gasteiger partial charge on any atom is 0.328 e. The number of carbonyl (C=O) groups excluding carboxylic acids is 2. The smallest absolute Gasteiger partial charge is 0.328 e. The van der Waals surface area contributed by atoms with Gasteiger partial charge in [-0.2, -0.15) is 0 Å². The molecular formula is C15H28N2O3. The Kier molecular flexibility index (Phi) is 8.88. The van der Waals surface area contributed by atoms with Crippen LogP contribution in [-0.2, 0) is 14.3 Å². The lowest BCUT2D eigenvalue weighted by Crippen LogP contribution is -2.46. The number of nitrogens with one attached hydrogen (secondary N) is 1. The Hall–Kier alpha value is -1.36. The van der Waals surface area contributed by atoms with Gasteiger partial charge in [0.2, 0.25) is 5.91 Å². The molecule has 0 aliphatic rings. The van der Waals surface area contributed by atoms with Crippen molar-refractivity contribution >= 4 is 11.9 Å². The third-order valence-corrected chi connectivity index (χ3v) is 2.84. The Labute approximate surface area is 122 Å². The molecule has 0 aromatic rings. The summed E-state index contributed by atoms with van der Waals surface area (Å²) in [6, 6.07) is -0.573. The topological polar surface area (TPSA) is 58.6 Å². The Morgan fingerprint density at radius 1 is 1.30 bits per heavy atom. The van der Waals surface area contributed by atoms with Crippen molar-refractivity contribution in [3.8, 4) is 0 Å². The van der Waals surface area contributed by atoms with Gasteiger partial charge < -0.3 is 10.1 Å². The van der Waals surface area contributed by atoms with E-state index in [0.29, 0.717) is 18.9 Å². The van der Waals surface area contributed by atoms with E-state index < -0.39 is 12.0 Å². The fourth-order valence-electron chi connectivity index (χ4n) is 1.93. The molecule has 1 unspecified atom stereocenters. The van der Waals surface area contributed by atoms with Gasteiger partial charge in [0.05, 0.1) is 13.7 Å². The predicted molar refractivity (Wildman–Crippen MR) is 80.3 cm³/mol. The minimum atomic E-state index is -0.573. The first-order valence-electron chi connectivity index (χ1n) is 7.04. The molecule has 0 rings (SSSR count). The number of likely N-dealkylation sites (N-methyl/N-ethyl adjacent to an activating group) is 1. The second-order valence-electron chi connectivity index (χ2n) is 5.53. The molecule has 0 saturated carbocycles. The summed E-state index contributed by atoms with van der Waals surface area (Å²) in [4.78, 5) is 25.6. The van der Waals surface area contributed by atoms with Gasteiger partial charge in [0.15, 0.2) is 0 Å². The van der Waals surface area contributed by atoms with E-state index in [2.05, 4.69) is 11.9 Å². The van der Waals surface area contributed by atoms with Crippen LogP contribution in [0.25, 0.3) is 0 Å². The Morgan fingerprint density at radius 3 is 2.30 bits per heavy atom. The van der Waals surface area contributed by atoms with E-state index in [4.69, 9.17) is 4.74 Å². The number of esters is 1. The van der Waals surface area contributed by atoms with Gasteiger partial charge in [-0.05, 0) is 25.8 Å². The first-order valence-corrected chi connectivity index (χ1v) is 7.04. The van der Waals surface area contributed by atoms with Gasteiger partial charge in [-0.3, -0.25) is 9.69 Å². The molecule has 5 heteroatoms. The summed E-state index contributed by atoms with van der Waals surface area (Å²) in [5, 5.41) is 2.75. The van der Waals surface area contributed by atoms with Crippen molar-refractivity contribution in [1.82, 2.24) is 10.2 Å². The second kappa shape index (κ2) is 9.53. The normalized spacial score (nSPS) is 12.3. The third kappa shape index (κ3) is 7.94. The van der Waals surface area contributed by atoms with E-state index in [-0.39, 0.29) is 12.5 Å². The minimum Gasteiger partial charge on any atom is -0.467 e. The van der Waals surface area contributed by atoms with Crippen molar-refractivity contribution in [3.63, 3.8) is 0 Å². The predicted octanol–water partition coefficient (Wildman–Crippen LogP) is 1.59.